The Kier molecular flexibility index (Phi) is 7.42. The van der Waals surface area contributed by atoms with E-state index >= 15 is 0 Å². The van der Waals surface area contributed by atoms with Gasteiger partial charge in [0.25, 0.3) is 0 Å². The second kappa shape index (κ2) is 10.8. The lowest BCUT2D eigenvalue weighted by molar-refractivity contribution is 0.159. The molecule has 0 saturated carbocycles. The predicted octanol–water partition coefficient (Wildman–Crippen LogP) is 7.22. The molecule has 3 aromatic rings. The van der Waals surface area contributed by atoms with Crippen LogP contribution in [-0.2, 0) is 29.5 Å². The van der Waals surface area contributed by atoms with Gasteiger partial charge in [-0.2, -0.15) is 8.42 Å². The lowest BCUT2D eigenvalue weighted by Gasteiger charge is -2.42. The molecule has 3 aliphatic rings. The van der Waals surface area contributed by atoms with Crippen molar-refractivity contribution in [1.29, 1.82) is 0 Å². The van der Waals surface area contributed by atoms with Crippen LogP contribution < -0.4 is 18.4 Å². The zero-order valence-corrected chi connectivity index (χ0v) is 26.4. The lowest BCUT2D eigenvalue weighted by Crippen LogP contribution is -2.39. The highest BCUT2D eigenvalue weighted by Gasteiger charge is 2.37. The molecule has 0 N–H and O–H groups in total. The van der Waals surface area contributed by atoms with E-state index < -0.39 is 10.1 Å². The molecule has 1 atom stereocenters. The van der Waals surface area contributed by atoms with Crippen molar-refractivity contribution >= 4 is 10.1 Å². The Bertz CT molecular complexity index is 1610. The fourth-order valence-corrected chi connectivity index (χ4v) is 8.23. The van der Waals surface area contributed by atoms with Crippen LogP contribution >= 0.6 is 0 Å². The van der Waals surface area contributed by atoms with Gasteiger partial charge in [-0.1, -0.05) is 59.7 Å². The van der Waals surface area contributed by atoms with Gasteiger partial charge >= 0.3 is 10.1 Å². The highest BCUT2D eigenvalue weighted by Crippen LogP contribution is 2.48. The Balaban J connectivity index is 1.42. The minimum Gasteiger partial charge on any atom is -0.493 e. The molecular weight excluding hydrogens is 550 g/mol. The Hall–Kier alpha value is -3.23. The summed E-state index contributed by atoms with van der Waals surface area (Å²) >= 11 is 0. The summed E-state index contributed by atoms with van der Waals surface area (Å²) in [7, 11) is -2.63. The molecule has 0 aromatic heterocycles. The first-order chi connectivity index (χ1) is 20.0. The maximum atomic E-state index is 14.3. The van der Waals surface area contributed by atoms with E-state index in [0.29, 0.717) is 18.0 Å². The highest BCUT2D eigenvalue weighted by molar-refractivity contribution is 7.87. The summed E-state index contributed by atoms with van der Waals surface area (Å²) in [5.41, 5.74) is 7.18. The number of benzene rings is 3. The number of fused-ring (bicyclic) bond motifs is 5. The Morgan fingerprint density at radius 1 is 0.881 bits per heavy atom. The van der Waals surface area contributed by atoms with Crippen molar-refractivity contribution in [2.75, 3.05) is 20.4 Å². The van der Waals surface area contributed by atoms with Gasteiger partial charge in [-0.15, -0.1) is 0 Å². The molecule has 0 fully saturated rings. The molecule has 1 unspecified atom stereocenters. The van der Waals surface area contributed by atoms with Gasteiger partial charge in [0.2, 0.25) is 6.79 Å². The SMILES string of the molecule is COc1ccc2c(c1OS(=O)(=O)c1c(C(C)C)cc(C(C)C)cc1C(C)C)CN1CCc3cc4c(cc3C1C2)OCO4. The highest BCUT2D eigenvalue weighted by atomic mass is 32.2. The van der Waals surface area contributed by atoms with Crippen LogP contribution in [0.1, 0.15) is 104 Å². The van der Waals surface area contributed by atoms with E-state index in [0.717, 1.165) is 58.7 Å². The van der Waals surface area contributed by atoms with Gasteiger partial charge in [0, 0.05) is 24.7 Å². The molecular formula is C34H41NO6S. The van der Waals surface area contributed by atoms with Crippen molar-refractivity contribution in [3.63, 3.8) is 0 Å². The summed E-state index contributed by atoms with van der Waals surface area (Å²) in [4.78, 5) is 2.69. The second-order valence-electron chi connectivity index (χ2n) is 12.6. The largest absolute Gasteiger partial charge is 0.493 e. The van der Waals surface area contributed by atoms with Crippen LogP contribution in [0.3, 0.4) is 0 Å². The third-order valence-corrected chi connectivity index (χ3v) is 10.3. The molecule has 7 nitrogen and oxygen atoms in total. The van der Waals surface area contributed by atoms with E-state index in [1.54, 1.807) is 7.11 Å². The molecule has 6 rings (SSSR count). The predicted molar refractivity (Wildman–Crippen MR) is 163 cm³/mol. The Labute approximate surface area is 249 Å². The number of nitrogens with zero attached hydrogens (tertiary/aromatic N) is 1. The average molecular weight is 592 g/mol. The van der Waals surface area contributed by atoms with Crippen molar-refractivity contribution in [3.05, 3.63) is 75.3 Å². The molecule has 0 aliphatic carbocycles. The maximum absolute atomic E-state index is 14.3. The van der Waals surface area contributed by atoms with Gasteiger partial charge in [0.15, 0.2) is 23.0 Å². The second-order valence-corrected chi connectivity index (χ2v) is 14.1. The third-order valence-electron chi connectivity index (χ3n) is 8.94. The lowest BCUT2D eigenvalue weighted by atomic mass is 9.83. The van der Waals surface area contributed by atoms with Crippen molar-refractivity contribution < 1.29 is 26.8 Å². The number of hydrogen-bond acceptors (Lipinski definition) is 7. The molecule has 0 bridgehead atoms. The van der Waals surface area contributed by atoms with Crippen LogP contribution in [-0.4, -0.2) is 33.8 Å². The monoisotopic (exact) mass is 591 g/mol. The molecule has 224 valence electrons. The molecule has 0 radical (unpaired) electrons. The first kappa shape index (κ1) is 28.9. The summed E-state index contributed by atoms with van der Waals surface area (Å²) in [5, 5.41) is 0. The van der Waals surface area contributed by atoms with Crippen LogP contribution in [0.5, 0.6) is 23.0 Å². The fraction of sp³-hybridized carbons (Fsp3) is 0.471. The summed E-state index contributed by atoms with van der Waals surface area (Å²) < 4.78 is 51.8. The first-order valence-electron chi connectivity index (χ1n) is 15.0. The number of methoxy groups -OCH3 is 1. The summed E-state index contributed by atoms with van der Waals surface area (Å²) in [6.07, 6.45) is 1.62. The van der Waals surface area contributed by atoms with Gasteiger partial charge in [-0.3, -0.25) is 4.90 Å². The van der Waals surface area contributed by atoms with Gasteiger partial charge in [0.05, 0.1) is 7.11 Å². The van der Waals surface area contributed by atoms with Gasteiger partial charge in [-0.25, -0.2) is 0 Å². The van der Waals surface area contributed by atoms with E-state index in [1.807, 2.05) is 52.0 Å². The molecule has 0 spiro atoms. The summed E-state index contributed by atoms with van der Waals surface area (Å²) in [6, 6.07) is 12.3. The smallest absolute Gasteiger partial charge is 0.339 e. The van der Waals surface area contributed by atoms with Crippen LogP contribution in [0.4, 0.5) is 0 Å². The molecule has 0 saturated heterocycles. The number of hydrogen-bond donors (Lipinski definition) is 0. The molecule has 3 aliphatic heterocycles. The van der Waals surface area contributed by atoms with Crippen LogP contribution in [0.15, 0.2) is 41.3 Å². The van der Waals surface area contributed by atoms with Crippen molar-refractivity contribution in [2.24, 2.45) is 0 Å². The van der Waals surface area contributed by atoms with Crippen molar-refractivity contribution in [2.45, 2.75) is 89.6 Å². The third kappa shape index (κ3) is 4.92. The zero-order valence-electron chi connectivity index (χ0n) is 25.6. The van der Waals surface area contributed by atoms with E-state index in [9.17, 15) is 8.42 Å². The molecule has 3 heterocycles. The minimum absolute atomic E-state index is 0.00571. The minimum atomic E-state index is -4.19. The van der Waals surface area contributed by atoms with Crippen LogP contribution in [0, 0.1) is 0 Å². The molecule has 0 amide bonds. The molecule has 3 aromatic carbocycles. The van der Waals surface area contributed by atoms with Gasteiger partial charge in [0.1, 0.15) is 4.90 Å². The number of rotatable bonds is 7. The average Bonchev–Trinajstić information content (AvgIpc) is 3.42. The fourth-order valence-electron chi connectivity index (χ4n) is 6.58. The normalized spacial score (nSPS) is 17.8. The summed E-state index contributed by atoms with van der Waals surface area (Å²) in [5.74, 6) is 2.61. The Morgan fingerprint density at radius 2 is 1.55 bits per heavy atom. The van der Waals surface area contributed by atoms with E-state index in [2.05, 4.69) is 30.9 Å². The topological polar surface area (TPSA) is 74.3 Å². The standard InChI is InChI=1S/C34H41NO6S/c1-19(2)24-12-25(20(3)4)34(26(13-24)21(5)6)42(36,37)41-33-28-17-35-11-10-23-15-31-32(40-18-39-31)16-27(23)29(35)14-22(28)8-9-30(33)38-7/h8-9,12-13,15-16,19-21,29H,10-11,14,17-18H2,1-7H3. The van der Waals surface area contributed by atoms with Gasteiger partial charge < -0.3 is 18.4 Å². The van der Waals surface area contributed by atoms with Crippen LogP contribution in [0.2, 0.25) is 0 Å². The van der Waals surface area contributed by atoms with E-state index in [-0.39, 0.29) is 35.5 Å². The Morgan fingerprint density at radius 3 is 2.17 bits per heavy atom. The van der Waals surface area contributed by atoms with E-state index in [1.165, 1.54) is 11.1 Å². The summed E-state index contributed by atoms with van der Waals surface area (Å²) in [6.45, 7) is 14.1. The number of ether oxygens (including phenoxy) is 3. The molecule has 8 heteroatoms. The maximum Gasteiger partial charge on any atom is 0.339 e. The van der Waals surface area contributed by atoms with E-state index in [4.69, 9.17) is 18.4 Å². The zero-order chi connectivity index (χ0) is 29.9. The molecule has 42 heavy (non-hydrogen) atoms. The quantitative estimate of drug-likeness (QED) is 0.269. The first-order valence-corrected chi connectivity index (χ1v) is 16.4. The van der Waals surface area contributed by atoms with Gasteiger partial charge in [-0.05, 0) is 82.2 Å². The van der Waals surface area contributed by atoms with Crippen molar-refractivity contribution in [1.82, 2.24) is 4.90 Å². The van der Waals surface area contributed by atoms with Crippen molar-refractivity contribution in [3.8, 4) is 23.0 Å². The van der Waals surface area contributed by atoms with Crippen LogP contribution in [0.25, 0.3) is 0 Å².